The third kappa shape index (κ3) is 3.35. The fourth-order valence-electron chi connectivity index (χ4n) is 2.76. The highest BCUT2D eigenvalue weighted by Crippen LogP contribution is 2.30. The summed E-state index contributed by atoms with van der Waals surface area (Å²) in [6, 6.07) is 10.2. The quantitative estimate of drug-likeness (QED) is 0.850. The second-order valence-electron chi connectivity index (χ2n) is 5.49. The van der Waals surface area contributed by atoms with Crippen molar-refractivity contribution in [2.45, 2.75) is 43.3 Å². The molecular formula is C17H21N3OS. The topological polar surface area (TPSA) is 38.1 Å². The lowest BCUT2D eigenvalue weighted by Gasteiger charge is -2.31. The summed E-state index contributed by atoms with van der Waals surface area (Å²) in [4.78, 5) is 19.1. The van der Waals surface area contributed by atoms with Gasteiger partial charge in [-0.2, -0.15) is 0 Å². The molecule has 1 aliphatic rings. The Balaban J connectivity index is 1.67. The Morgan fingerprint density at radius 1 is 1.32 bits per heavy atom. The number of rotatable bonds is 5. The molecule has 0 spiro atoms. The van der Waals surface area contributed by atoms with E-state index >= 15 is 0 Å². The standard InChI is InChI=1S/C17H21N3OS/c1-2-19-12-10-18-17(19)22-15-9-6-11-20(16(15)21)13-14-7-4-3-5-8-14/h3-5,7-8,10,12,15H,2,6,9,11,13H2,1H3. The number of benzene rings is 1. The van der Waals surface area contributed by atoms with Gasteiger partial charge in [0.2, 0.25) is 5.91 Å². The van der Waals surface area contributed by atoms with E-state index in [9.17, 15) is 4.79 Å². The second kappa shape index (κ2) is 7.01. The van der Waals surface area contributed by atoms with Gasteiger partial charge in [0.25, 0.3) is 0 Å². The van der Waals surface area contributed by atoms with Crippen molar-refractivity contribution in [3.8, 4) is 0 Å². The zero-order valence-electron chi connectivity index (χ0n) is 12.8. The lowest BCUT2D eigenvalue weighted by Crippen LogP contribution is -2.42. The first-order valence-corrected chi connectivity index (χ1v) is 8.66. The van der Waals surface area contributed by atoms with Crippen LogP contribution in [-0.4, -0.2) is 32.2 Å². The molecule has 1 fully saturated rings. The molecule has 2 aromatic rings. The van der Waals surface area contributed by atoms with Gasteiger partial charge in [-0.1, -0.05) is 42.1 Å². The third-order valence-electron chi connectivity index (χ3n) is 3.96. The van der Waals surface area contributed by atoms with Crippen LogP contribution in [0.5, 0.6) is 0 Å². The number of aromatic nitrogens is 2. The molecule has 1 aliphatic heterocycles. The fraction of sp³-hybridized carbons (Fsp3) is 0.412. The van der Waals surface area contributed by atoms with Crippen LogP contribution in [0, 0.1) is 0 Å². The maximum Gasteiger partial charge on any atom is 0.236 e. The van der Waals surface area contributed by atoms with Crippen LogP contribution < -0.4 is 0 Å². The number of hydrogen-bond acceptors (Lipinski definition) is 3. The first kappa shape index (κ1) is 15.2. The fourth-order valence-corrected chi connectivity index (χ4v) is 3.99. The lowest BCUT2D eigenvalue weighted by molar-refractivity contribution is -0.133. The maximum absolute atomic E-state index is 12.7. The van der Waals surface area contributed by atoms with Crippen molar-refractivity contribution in [2.24, 2.45) is 0 Å². The Hall–Kier alpha value is -1.75. The summed E-state index contributed by atoms with van der Waals surface area (Å²) < 4.78 is 2.09. The van der Waals surface area contributed by atoms with Crippen LogP contribution in [0.1, 0.15) is 25.3 Å². The molecule has 3 rings (SSSR count). The first-order chi connectivity index (χ1) is 10.8. The van der Waals surface area contributed by atoms with Crippen molar-refractivity contribution in [3.63, 3.8) is 0 Å². The molecule has 2 heterocycles. The van der Waals surface area contributed by atoms with Gasteiger partial charge in [-0.3, -0.25) is 4.79 Å². The highest BCUT2D eigenvalue weighted by atomic mass is 32.2. The zero-order valence-corrected chi connectivity index (χ0v) is 13.6. The number of likely N-dealkylation sites (tertiary alicyclic amines) is 1. The molecule has 1 saturated heterocycles. The average Bonchev–Trinajstić information content (AvgIpc) is 2.99. The Kier molecular flexibility index (Phi) is 4.83. The normalized spacial score (nSPS) is 18.7. The highest BCUT2D eigenvalue weighted by molar-refractivity contribution is 8.00. The molecular weight excluding hydrogens is 294 g/mol. The monoisotopic (exact) mass is 315 g/mol. The van der Waals surface area contributed by atoms with Gasteiger partial charge in [0, 0.05) is 32.0 Å². The number of amides is 1. The molecule has 5 heteroatoms. The van der Waals surface area contributed by atoms with E-state index in [-0.39, 0.29) is 11.2 Å². The summed E-state index contributed by atoms with van der Waals surface area (Å²) in [5.74, 6) is 0.241. The molecule has 4 nitrogen and oxygen atoms in total. The van der Waals surface area contributed by atoms with Crippen molar-refractivity contribution in [1.29, 1.82) is 0 Å². The van der Waals surface area contributed by atoms with Crippen LogP contribution in [0.25, 0.3) is 0 Å². The minimum Gasteiger partial charge on any atom is -0.337 e. The van der Waals surface area contributed by atoms with Crippen LogP contribution in [0.4, 0.5) is 0 Å². The van der Waals surface area contributed by atoms with Crippen molar-refractivity contribution in [1.82, 2.24) is 14.5 Å². The van der Waals surface area contributed by atoms with Gasteiger partial charge in [-0.15, -0.1) is 0 Å². The number of hydrogen-bond donors (Lipinski definition) is 0. The van der Waals surface area contributed by atoms with Crippen LogP contribution in [-0.2, 0) is 17.9 Å². The van der Waals surface area contributed by atoms with E-state index in [4.69, 9.17) is 0 Å². The number of imidazole rings is 1. The van der Waals surface area contributed by atoms with Crippen LogP contribution in [0.2, 0.25) is 0 Å². The van der Waals surface area contributed by atoms with E-state index in [0.29, 0.717) is 6.54 Å². The number of carbonyl (C=O) groups is 1. The van der Waals surface area contributed by atoms with Crippen LogP contribution in [0.15, 0.2) is 47.9 Å². The van der Waals surface area contributed by atoms with Gasteiger partial charge in [0.15, 0.2) is 5.16 Å². The highest BCUT2D eigenvalue weighted by Gasteiger charge is 2.30. The molecule has 22 heavy (non-hydrogen) atoms. The lowest BCUT2D eigenvalue weighted by atomic mass is 10.1. The predicted octanol–water partition coefficient (Wildman–Crippen LogP) is 3.19. The molecule has 0 N–H and O–H groups in total. The molecule has 1 aromatic carbocycles. The summed E-state index contributed by atoms with van der Waals surface area (Å²) in [5, 5.41) is 0.938. The summed E-state index contributed by atoms with van der Waals surface area (Å²) in [6.45, 7) is 4.54. The van der Waals surface area contributed by atoms with Crippen molar-refractivity contribution >= 4 is 17.7 Å². The smallest absolute Gasteiger partial charge is 0.236 e. The second-order valence-corrected chi connectivity index (χ2v) is 6.66. The van der Waals surface area contributed by atoms with Crippen LogP contribution in [0.3, 0.4) is 0 Å². The zero-order chi connectivity index (χ0) is 15.4. The molecule has 116 valence electrons. The Morgan fingerprint density at radius 3 is 2.91 bits per heavy atom. The Bertz CT molecular complexity index is 626. The van der Waals surface area contributed by atoms with E-state index in [2.05, 4.69) is 28.6 Å². The first-order valence-electron chi connectivity index (χ1n) is 7.78. The summed E-state index contributed by atoms with van der Waals surface area (Å²) in [5.41, 5.74) is 1.19. The van der Waals surface area contributed by atoms with Crippen molar-refractivity contribution < 1.29 is 4.79 Å². The molecule has 0 radical (unpaired) electrons. The van der Waals surface area contributed by atoms with Gasteiger partial charge in [0.1, 0.15) is 0 Å². The summed E-state index contributed by atoms with van der Waals surface area (Å²) in [7, 11) is 0. The molecule has 0 aliphatic carbocycles. The van der Waals surface area contributed by atoms with Gasteiger partial charge >= 0.3 is 0 Å². The molecule has 1 amide bonds. The number of aryl methyl sites for hydroxylation is 1. The number of piperidine rings is 1. The predicted molar refractivity (Wildman–Crippen MR) is 88.6 cm³/mol. The van der Waals surface area contributed by atoms with E-state index in [0.717, 1.165) is 31.1 Å². The summed E-state index contributed by atoms with van der Waals surface area (Å²) in [6.07, 6.45) is 5.77. The molecule has 0 bridgehead atoms. The van der Waals surface area contributed by atoms with Crippen molar-refractivity contribution in [2.75, 3.05) is 6.54 Å². The van der Waals surface area contributed by atoms with E-state index in [1.165, 1.54) is 5.56 Å². The molecule has 1 unspecified atom stereocenters. The third-order valence-corrected chi connectivity index (χ3v) is 5.24. The number of thioether (sulfide) groups is 1. The molecule has 0 saturated carbocycles. The molecule has 1 atom stereocenters. The van der Waals surface area contributed by atoms with Crippen molar-refractivity contribution in [3.05, 3.63) is 48.3 Å². The minimum absolute atomic E-state index is 0.00911. The van der Waals surface area contributed by atoms with Crippen LogP contribution >= 0.6 is 11.8 Å². The SMILES string of the molecule is CCn1ccnc1SC1CCCN(Cc2ccccc2)C1=O. The molecule has 1 aromatic heterocycles. The van der Waals surface area contributed by atoms with E-state index in [1.807, 2.05) is 29.3 Å². The number of nitrogens with zero attached hydrogens (tertiary/aromatic N) is 3. The summed E-state index contributed by atoms with van der Waals surface area (Å²) >= 11 is 1.61. The van der Waals surface area contributed by atoms with E-state index in [1.54, 1.807) is 18.0 Å². The Morgan fingerprint density at radius 2 is 2.14 bits per heavy atom. The van der Waals surface area contributed by atoms with E-state index < -0.39 is 0 Å². The Labute approximate surface area is 135 Å². The number of carbonyl (C=O) groups excluding carboxylic acids is 1. The van der Waals surface area contributed by atoms with Gasteiger partial charge in [0.05, 0.1) is 5.25 Å². The van der Waals surface area contributed by atoms with Gasteiger partial charge < -0.3 is 9.47 Å². The minimum atomic E-state index is -0.00911. The van der Waals surface area contributed by atoms with Gasteiger partial charge in [-0.25, -0.2) is 4.98 Å². The van der Waals surface area contributed by atoms with Gasteiger partial charge in [-0.05, 0) is 25.3 Å². The maximum atomic E-state index is 12.7. The largest absolute Gasteiger partial charge is 0.337 e. The average molecular weight is 315 g/mol.